The molecule has 0 bridgehead atoms. The van der Waals surface area contributed by atoms with Crippen LogP contribution < -0.4 is 0 Å². The fraction of sp³-hybridized carbons (Fsp3) is 0.500. The molecule has 0 saturated heterocycles. The molecule has 3 rings (SSSR count). The van der Waals surface area contributed by atoms with Crippen LogP contribution in [0.3, 0.4) is 0 Å². The van der Waals surface area contributed by atoms with Crippen LogP contribution in [-0.2, 0) is 5.88 Å². The zero-order valence-corrected chi connectivity index (χ0v) is 9.98. The van der Waals surface area contributed by atoms with Gasteiger partial charge in [-0.3, -0.25) is 0 Å². The molecule has 84 valence electrons. The normalized spacial score (nSPS) is 24.6. The van der Waals surface area contributed by atoms with E-state index in [0.29, 0.717) is 11.9 Å². The molecular formula is C12H14ClN3. The number of hydrogen-bond donors (Lipinski definition) is 0. The minimum absolute atomic E-state index is 0.460. The quantitative estimate of drug-likeness (QED) is 0.749. The predicted molar refractivity (Wildman–Crippen MR) is 64.5 cm³/mol. The van der Waals surface area contributed by atoms with Crippen molar-refractivity contribution in [1.82, 2.24) is 14.5 Å². The summed E-state index contributed by atoms with van der Waals surface area (Å²) in [5, 5.41) is 0. The summed E-state index contributed by atoms with van der Waals surface area (Å²) in [6, 6.07) is 4.46. The second kappa shape index (κ2) is 3.74. The summed E-state index contributed by atoms with van der Waals surface area (Å²) in [6.45, 7) is 2.28. The second-order valence-electron chi connectivity index (χ2n) is 4.61. The second-order valence-corrected chi connectivity index (χ2v) is 4.88. The van der Waals surface area contributed by atoms with E-state index in [1.165, 1.54) is 12.8 Å². The number of nitrogens with zero attached hydrogens (tertiary/aromatic N) is 3. The van der Waals surface area contributed by atoms with Crippen LogP contribution in [0, 0.1) is 5.92 Å². The lowest BCUT2D eigenvalue weighted by molar-refractivity contribution is 0.217. The van der Waals surface area contributed by atoms with Gasteiger partial charge in [-0.1, -0.05) is 6.92 Å². The van der Waals surface area contributed by atoms with E-state index < -0.39 is 0 Å². The first-order valence-electron chi connectivity index (χ1n) is 5.67. The van der Waals surface area contributed by atoms with Crippen molar-refractivity contribution in [3.05, 3.63) is 24.2 Å². The van der Waals surface area contributed by atoms with E-state index in [4.69, 9.17) is 11.6 Å². The maximum atomic E-state index is 5.95. The fourth-order valence-electron chi connectivity index (χ4n) is 2.53. The van der Waals surface area contributed by atoms with Gasteiger partial charge in [-0.25, -0.2) is 9.97 Å². The Kier molecular flexibility index (Phi) is 2.36. The van der Waals surface area contributed by atoms with Gasteiger partial charge in [0.2, 0.25) is 0 Å². The first kappa shape index (κ1) is 10.1. The van der Waals surface area contributed by atoms with Crippen molar-refractivity contribution in [2.45, 2.75) is 31.7 Å². The van der Waals surface area contributed by atoms with Crippen LogP contribution in [0.1, 0.15) is 31.6 Å². The summed E-state index contributed by atoms with van der Waals surface area (Å²) in [5.74, 6) is 2.22. The minimum Gasteiger partial charge on any atom is -0.309 e. The molecule has 0 N–H and O–H groups in total. The topological polar surface area (TPSA) is 30.7 Å². The van der Waals surface area contributed by atoms with Crippen molar-refractivity contribution in [2.24, 2.45) is 5.92 Å². The Morgan fingerprint density at radius 2 is 2.31 bits per heavy atom. The van der Waals surface area contributed by atoms with E-state index >= 15 is 0 Å². The molecule has 4 heteroatoms. The number of hydrogen-bond acceptors (Lipinski definition) is 2. The van der Waals surface area contributed by atoms with Gasteiger partial charge in [0.05, 0.1) is 5.88 Å². The molecular weight excluding hydrogens is 222 g/mol. The lowest BCUT2D eigenvalue weighted by atomic mass is 9.81. The summed E-state index contributed by atoms with van der Waals surface area (Å²) in [5.41, 5.74) is 1.94. The molecule has 3 nitrogen and oxygen atoms in total. The van der Waals surface area contributed by atoms with Gasteiger partial charge < -0.3 is 4.57 Å². The van der Waals surface area contributed by atoms with Crippen LogP contribution in [-0.4, -0.2) is 14.5 Å². The van der Waals surface area contributed by atoms with Crippen LogP contribution in [0.5, 0.6) is 0 Å². The minimum atomic E-state index is 0.460. The Balaban J connectivity index is 2.12. The molecule has 1 aliphatic rings. The van der Waals surface area contributed by atoms with Crippen molar-refractivity contribution in [3.63, 3.8) is 0 Å². The highest BCUT2D eigenvalue weighted by Gasteiger charge is 2.30. The number of halogens is 1. The van der Waals surface area contributed by atoms with Crippen LogP contribution in [0.2, 0.25) is 0 Å². The maximum absolute atomic E-state index is 5.95. The molecule has 0 aromatic carbocycles. The number of fused-ring (bicyclic) bond motifs is 1. The van der Waals surface area contributed by atoms with Gasteiger partial charge in [-0.15, -0.1) is 11.6 Å². The third-order valence-corrected chi connectivity index (χ3v) is 3.59. The zero-order chi connectivity index (χ0) is 11.1. The maximum Gasteiger partial charge on any atom is 0.160 e. The Hall–Kier alpha value is -1.09. The highest BCUT2D eigenvalue weighted by molar-refractivity contribution is 6.16. The van der Waals surface area contributed by atoms with Gasteiger partial charge >= 0.3 is 0 Å². The zero-order valence-electron chi connectivity index (χ0n) is 9.23. The molecule has 16 heavy (non-hydrogen) atoms. The van der Waals surface area contributed by atoms with E-state index in [1.54, 1.807) is 0 Å². The lowest BCUT2D eigenvalue weighted by Gasteiger charge is -2.34. The standard InChI is InChI=1S/C12H14ClN3/c1-8-5-9(6-8)16-11(7-13)15-10-3-2-4-14-12(10)16/h2-4,8-9H,5-7H2,1H3. The predicted octanol–water partition coefficient (Wildman–Crippen LogP) is 3.14. The molecule has 2 aromatic heterocycles. The van der Waals surface area contributed by atoms with Crippen molar-refractivity contribution in [3.8, 4) is 0 Å². The van der Waals surface area contributed by atoms with Gasteiger partial charge in [0.25, 0.3) is 0 Å². The van der Waals surface area contributed by atoms with Crippen molar-refractivity contribution >= 4 is 22.8 Å². The molecule has 1 saturated carbocycles. The monoisotopic (exact) mass is 235 g/mol. The van der Waals surface area contributed by atoms with Crippen molar-refractivity contribution < 1.29 is 0 Å². The van der Waals surface area contributed by atoms with Crippen LogP contribution in [0.15, 0.2) is 18.3 Å². The fourth-order valence-corrected chi connectivity index (χ4v) is 2.71. The number of imidazole rings is 1. The van der Waals surface area contributed by atoms with Gasteiger partial charge in [-0.2, -0.15) is 0 Å². The van der Waals surface area contributed by atoms with Crippen molar-refractivity contribution in [2.75, 3.05) is 0 Å². The molecule has 0 aliphatic heterocycles. The lowest BCUT2D eigenvalue weighted by Crippen LogP contribution is -2.26. The van der Waals surface area contributed by atoms with E-state index in [2.05, 4.69) is 21.5 Å². The number of pyridine rings is 1. The number of rotatable bonds is 2. The molecule has 0 amide bonds. The average molecular weight is 236 g/mol. The van der Waals surface area contributed by atoms with Crippen LogP contribution >= 0.6 is 11.6 Å². The number of aromatic nitrogens is 3. The molecule has 0 unspecified atom stereocenters. The van der Waals surface area contributed by atoms with Gasteiger partial charge in [0, 0.05) is 12.2 Å². The third kappa shape index (κ3) is 1.42. The molecule has 0 radical (unpaired) electrons. The smallest absolute Gasteiger partial charge is 0.160 e. The first-order valence-corrected chi connectivity index (χ1v) is 6.21. The van der Waals surface area contributed by atoms with E-state index in [1.807, 2.05) is 18.3 Å². The highest BCUT2D eigenvalue weighted by atomic mass is 35.5. The Morgan fingerprint density at radius 1 is 1.50 bits per heavy atom. The number of alkyl halides is 1. The SMILES string of the molecule is CC1CC(n2c(CCl)nc3cccnc32)C1. The molecule has 1 aliphatic carbocycles. The Morgan fingerprint density at radius 3 is 3.00 bits per heavy atom. The first-order chi connectivity index (χ1) is 7.79. The van der Waals surface area contributed by atoms with E-state index in [-0.39, 0.29) is 0 Å². The molecule has 2 heterocycles. The van der Waals surface area contributed by atoms with E-state index in [0.717, 1.165) is 22.9 Å². The van der Waals surface area contributed by atoms with Gasteiger partial charge in [-0.05, 0) is 30.9 Å². The molecule has 1 fully saturated rings. The van der Waals surface area contributed by atoms with Gasteiger partial charge in [0.15, 0.2) is 5.65 Å². The third-order valence-electron chi connectivity index (χ3n) is 3.36. The Labute approximate surface area is 99.5 Å². The summed E-state index contributed by atoms with van der Waals surface area (Å²) >= 11 is 5.95. The van der Waals surface area contributed by atoms with Crippen molar-refractivity contribution in [1.29, 1.82) is 0 Å². The molecule has 0 atom stereocenters. The highest BCUT2D eigenvalue weighted by Crippen LogP contribution is 2.39. The molecule has 2 aromatic rings. The van der Waals surface area contributed by atoms with Crippen LogP contribution in [0.4, 0.5) is 0 Å². The van der Waals surface area contributed by atoms with Gasteiger partial charge in [0.1, 0.15) is 11.3 Å². The average Bonchev–Trinajstić information content (AvgIpc) is 2.63. The summed E-state index contributed by atoms with van der Waals surface area (Å²) in [4.78, 5) is 8.95. The van der Waals surface area contributed by atoms with E-state index in [9.17, 15) is 0 Å². The molecule has 0 spiro atoms. The van der Waals surface area contributed by atoms with Crippen LogP contribution in [0.25, 0.3) is 11.2 Å². The Bertz CT molecular complexity index is 514. The largest absolute Gasteiger partial charge is 0.309 e. The summed E-state index contributed by atoms with van der Waals surface area (Å²) in [6.07, 6.45) is 4.25. The summed E-state index contributed by atoms with van der Waals surface area (Å²) in [7, 11) is 0. The summed E-state index contributed by atoms with van der Waals surface area (Å²) < 4.78 is 2.22.